The number of nitrogens with two attached hydrogens (primary N) is 1. The second-order valence-electron chi connectivity index (χ2n) is 3.72. The molecule has 0 amide bonds. The van der Waals surface area contributed by atoms with Crippen molar-refractivity contribution in [3.8, 4) is 5.69 Å². The first-order valence-corrected chi connectivity index (χ1v) is 5.91. The summed E-state index contributed by atoms with van der Waals surface area (Å²) in [6.45, 7) is 1.97. The average molecular weight is 264 g/mol. The summed E-state index contributed by atoms with van der Waals surface area (Å²) in [5.41, 5.74) is 6.32. The highest BCUT2D eigenvalue weighted by atomic mass is 32.1. The molecule has 18 heavy (non-hydrogen) atoms. The zero-order valence-electron chi connectivity index (χ0n) is 9.85. The van der Waals surface area contributed by atoms with Crippen LogP contribution in [0.2, 0.25) is 0 Å². The highest BCUT2D eigenvalue weighted by molar-refractivity contribution is 7.80. The maximum Gasteiger partial charge on any atom is 0.168 e. The van der Waals surface area contributed by atoms with E-state index in [1.807, 2.05) is 6.92 Å². The molecule has 0 fully saturated rings. The van der Waals surface area contributed by atoms with Gasteiger partial charge in [0.1, 0.15) is 11.6 Å². The summed E-state index contributed by atoms with van der Waals surface area (Å²) in [6.07, 6.45) is 4.12. The summed E-state index contributed by atoms with van der Waals surface area (Å²) >= 11 is 4.70. The number of imidazole rings is 1. The third kappa shape index (κ3) is 2.48. The number of aryl methyl sites for hydroxylation is 1. The lowest BCUT2D eigenvalue weighted by molar-refractivity contribution is 0.616. The summed E-state index contributed by atoms with van der Waals surface area (Å²) in [6, 6.07) is 4.74. The molecule has 2 aromatic rings. The first-order valence-electron chi connectivity index (χ1n) is 5.50. The van der Waals surface area contributed by atoms with Gasteiger partial charge in [-0.2, -0.15) is 0 Å². The Morgan fingerprint density at radius 3 is 2.94 bits per heavy atom. The molecular formula is C12H13FN4S. The predicted molar refractivity (Wildman–Crippen MR) is 73.3 cm³/mol. The van der Waals surface area contributed by atoms with Crippen molar-refractivity contribution in [2.45, 2.75) is 13.3 Å². The summed E-state index contributed by atoms with van der Waals surface area (Å²) < 4.78 is 15.7. The third-order valence-corrected chi connectivity index (χ3v) is 2.61. The van der Waals surface area contributed by atoms with E-state index in [9.17, 15) is 4.39 Å². The van der Waals surface area contributed by atoms with Crippen LogP contribution in [0.5, 0.6) is 0 Å². The molecule has 0 aliphatic heterocycles. The summed E-state index contributed by atoms with van der Waals surface area (Å²) in [5, 5.41) is 2.80. The molecule has 0 atom stereocenters. The largest absolute Gasteiger partial charge is 0.376 e. The molecule has 0 bridgehead atoms. The molecule has 94 valence electrons. The number of anilines is 1. The van der Waals surface area contributed by atoms with Crippen molar-refractivity contribution in [1.82, 2.24) is 9.55 Å². The second kappa shape index (κ2) is 5.14. The van der Waals surface area contributed by atoms with Crippen molar-refractivity contribution in [3.05, 3.63) is 42.2 Å². The number of hydrogen-bond donors (Lipinski definition) is 2. The van der Waals surface area contributed by atoms with E-state index >= 15 is 0 Å². The lowest BCUT2D eigenvalue weighted by Crippen LogP contribution is -2.19. The van der Waals surface area contributed by atoms with E-state index < -0.39 is 0 Å². The van der Waals surface area contributed by atoms with Crippen LogP contribution in [0.3, 0.4) is 0 Å². The molecule has 3 N–H and O–H groups in total. The van der Waals surface area contributed by atoms with Crippen LogP contribution in [0.25, 0.3) is 5.69 Å². The van der Waals surface area contributed by atoms with Crippen LogP contribution < -0.4 is 11.1 Å². The minimum atomic E-state index is -0.357. The maximum absolute atomic E-state index is 14.0. The Morgan fingerprint density at radius 2 is 2.33 bits per heavy atom. The van der Waals surface area contributed by atoms with Gasteiger partial charge in [0.15, 0.2) is 5.11 Å². The van der Waals surface area contributed by atoms with Gasteiger partial charge in [0.25, 0.3) is 0 Å². The summed E-state index contributed by atoms with van der Waals surface area (Å²) in [5.74, 6) is 0.452. The number of nitrogens with zero attached hydrogens (tertiary/aromatic N) is 2. The maximum atomic E-state index is 14.0. The Kier molecular flexibility index (Phi) is 3.57. The van der Waals surface area contributed by atoms with E-state index in [2.05, 4.69) is 10.3 Å². The average Bonchev–Trinajstić information content (AvgIpc) is 2.76. The van der Waals surface area contributed by atoms with Gasteiger partial charge in [-0.3, -0.25) is 0 Å². The molecule has 2 rings (SSSR count). The molecule has 0 spiro atoms. The molecular weight excluding hydrogens is 251 g/mol. The van der Waals surface area contributed by atoms with Crippen molar-refractivity contribution in [1.29, 1.82) is 0 Å². The number of thiocarbonyl (C=S) groups is 1. The highest BCUT2D eigenvalue weighted by Crippen LogP contribution is 2.19. The van der Waals surface area contributed by atoms with Gasteiger partial charge in [0, 0.05) is 24.5 Å². The molecule has 1 heterocycles. The Bertz CT molecular complexity index is 579. The van der Waals surface area contributed by atoms with E-state index in [1.165, 1.54) is 6.07 Å². The van der Waals surface area contributed by atoms with Crippen LogP contribution in [0, 0.1) is 5.82 Å². The number of hydrogen-bond acceptors (Lipinski definition) is 2. The first kappa shape index (κ1) is 12.5. The van der Waals surface area contributed by atoms with Gasteiger partial charge < -0.3 is 15.6 Å². The van der Waals surface area contributed by atoms with Crippen molar-refractivity contribution < 1.29 is 4.39 Å². The van der Waals surface area contributed by atoms with Crippen molar-refractivity contribution in [2.24, 2.45) is 5.73 Å². The summed E-state index contributed by atoms with van der Waals surface area (Å²) in [4.78, 5) is 4.16. The fourth-order valence-corrected chi connectivity index (χ4v) is 1.86. The highest BCUT2D eigenvalue weighted by Gasteiger charge is 2.09. The normalized spacial score (nSPS) is 10.3. The zero-order valence-corrected chi connectivity index (χ0v) is 10.7. The molecule has 6 heteroatoms. The predicted octanol–water partition coefficient (Wildman–Crippen LogP) is 2.23. The molecule has 0 aliphatic carbocycles. The van der Waals surface area contributed by atoms with E-state index in [1.54, 1.807) is 29.1 Å². The Hall–Kier alpha value is -1.95. The van der Waals surface area contributed by atoms with Gasteiger partial charge in [-0.15, -0.1) is 0 Å². The molecule has 0 radical (unpaired) electrons. The number of benzene rings is 1. The number of rotatable bonds is 3. The lowest BCUT2D eigenvalue weighted by Gasteiger charge is -2.10. The Morgan fingerprint density at radius 1 is 1.56 bits per heavy atom. The fourth-order valence-electron chi connectivity index (χ4n) is 1.74. The monoisotopic (exact) mass is 264 g/mol. The third-order valence-electron chi connectivity index (χ3n) is 2.51. The topological polar surface area (TPSA) is 55.9 Å². The van der Waals surface area contributed by atoms with Gasteiger partial charge in [-0.25, -0.2) is 9.37 Å². The number of aromatic nitrogens is 2. The van der Waals surface area contributed by atoms with Gasteiger partial charge in [-0.1, -0.05) is 6.92 Å². The van der Waals surface area contributed by atoms with Crippen LogP contribution in [0.4, 0.5) is 10.1 Å². The van der Waals surface area contributed by atoms with E-state index in [-0.39, 0.29) is 10.9 Å². The van der Waals surface area contributed by atoms with Crippen molar-refractivity contribution >= 4 is 23.0 Å². The van der Waals surface area contributed by atoms with Crippen LogP contribution in [-0.2, 0) is 6.42 Å². The Balaban J connectivity index is 2.38. The minimum Gasteiger partial charge on any atom is -0.376 e. The van der Waals surface area contributed by atoms with E-state index in [4.69, 9.17) is 18.0 Å². The first-order chi connectivity index (χ1) is 8.61. The SMILES string of the molecule is CCc1nccn1-c1ccc(NC(N)=S)cc1F. The molecule has 1 aromatic heterocycles. The van der Waals surface area contributed by atoms with Crippen molar-refractivity contribution in [3.63, 3.8) is 0 Å². The number of nitrogens with one attached hydrogen (secondary N) is 1. The quantitative estimate of drug-likeness (QED) is 0.835. The molecule has 0 saturated carbocycles. The van der Waals surface area contributed by atoms with Crippen LogP contribution in [-0.4, -0.2) is 14.7 Å². The Labute approximate surface area is 110 Å². The summed E-state index contributed by atoms with van der Waals surface area (Å²) in [7, 11) is 0. The van der Waals surface area contributed by atoms with E-state index in [0.29, 0.717) is 11.4 Å². The van der Waals surface area contributed by atoms with Gasteiger partial charge in [-0.05, 0) is 30.4 Å². The second-order valence-corrected chi connectivity index (χ2v) is 4.16. The molecule has 0 unspecified atom stereocenters. The van der Waals surface area contributed by atoms with Crippen LogP contribution in [0.1, 0.15) is 12.7 Å². The van der Waals surface area contributed by atoms with Gasteiger partial charge in [0.05, 0.1) is 5.69 Å². The fraction of sp³-hybridized carbons (Fsp3) is 0.167. The molecule has 4 nitrogen and oxygen atoms in total. The smallest absolute Gasteiger partial charge is 0.168 e. The zero-order chi connectivity index (χ0) is 13.1. The molecule has 0 aliphatic rings. The lowest BCUT2D eigenvalue weighted by atomic mass is 10.2. The van der Waals surface area contributed by atoms with Crippen LogP contribution >= 0.6 is 12.2 Å². The number of halogens is 1. The minimum absolute atomic E-state index is 0.110. The van der Waals surface area contributed by atoms with Gasteiger partial charge >= 0.3 is 0 Å². The molecule has 1 aromatic carbocycles. The standard InChI is InChI=1S/C12H13FN4S/c1-2-11-15-5-6-17(11)10-4-3-8(7-9(10)13)16-12(14)18/h3-7H,2H2,1H3,(H3,14,16,18). The van der Waals surface area contributed by atoms with E-state index in [0.717, 1.165) is 12.2 Å². The molecule has 0 saturated heterocycles. The van der Waals surface area contributed by atoms with Crippen molar-refractivity contribution in [2.75, 3.05) is 5.32 Å². The van der Waals surface area contributed by atoms with Crippen LogP contribution in [0.15, 0.2) is 30.6 Å². The van der Waals surface area contributed by atoms with Gasteiger partial charge in [0.2, 0.25) is 0 Å².